The second kappa shape index (κ2) is 6.35. The Kier molecular flexibility index (Phi) is 4.25. The predicted octanol–water partition coefficient (Wildman–Crippen LogP) is 3.58. The molecule has 3 rings (SSSR count). The first-order valence-electron chi connectivity index (χ1n) is 7.92. The molecule has 0 bridgehead atoms. The van der Waals surface area contributed by atoms with Crippen LogP contribution in [0.15, 0.2) is 40.8 Å². The van der Waals surface area contributed by atoms with E-state index >= 15 is 0 Å². The summed E-state index contributed by atoms with van der Waals surface area (Å²) in [6.45, 7) is 5.64. The minimum Gasteiger partial charge on any atom is -0.448 e. The minimum atomic E-state index is -0.873. The molecule has 0 fully saturated rings. The Balaban J connectivity index is 1.98. The topological polar surface area (TPSA) is 68.5 Å². The van der Waals surface area contributed by atoms with E-state index in [4.69, 9.17) is 9.15 Å². The lowest BCUT2D eigenvalue weighted by Gasteiger charge is -2.11. The molecule has 24 heavy (non-hydrogen) atoms. The van der Waals surface area contributed by atoms with Gasteiger partial charge >= 0.3 is 5.97 Å². The molecule has 0 unspecified atom stereocenters. The van der Waals surface area contributed by atoms with Crippen LogP contribution < -0.4 is 5.32 Å². The number of furan rings is 1. The Morgan fingerprint density at radius 1 is 1.17 bits per heavy atom. The van der Waals surface area contributed by atoms with E-state index in [0.29, 0.717) is 17.7 Å². The fraction of sp³-hybridized carbons (Fsp3) is 0.263. The van der Waals surface area contributed by atoms with Crippen molar-refractivity contribution in [1.29, 1.82) is 0 Å². The Bertz CT molecular complexity index is 926. The Morgan fingerprint density at radius 3 is 2.67 bits per heavy atom. The summed E-state index contributed by atoms with van der Waals surface area (Å²) in [5.74, 6) is -0.825. The summed E-state index contributed by atoms with van der Waals surface area (Å²) in [4.78, 5) is 24.1. The second-order valence-corrected chi connectivity index (χ2v) is 5.66. The highest BCUT2D eigenvalue weighted by Gasteiger charge is 2.24. The van der Waals surface area contributed by atoms with Crippen LogP contribution in [-0.4, -0.2) is 24.5 Å². The van der Waals surface area contributed by atoms with Crippen molar-refractivity contribution in [3.8, 4) is 0 Å². The highest BCUT2D eigenvalue weighted by Crippen LogP contribution is 2.32. The smallest absolute Gasteiger partial charge is 0.375 e. The summed E-state index contributed by atoms with van der Waals surface area (Å²) in [5, 5.41) is 5.46. The molecule has 0 radical (unpaired) electrons. The number of fused-ring (bicyclic) bond motifs is 3. The summed E-state index contributed by atoms with van der Waals surface area (Å²) >= 11 is 0. The number of nitrogens with one attached hydrogen (secondary N) is 1. The van der Waals surface area contributed by atoms with Crippen LogP contribution in [0.25, 0.3) is 21.7 Å². The standard InChI is InChI=1S/C19H19NO4/c1-4-20-18(21)12(3)23-19(22)16-11(2)14-10-9-13-7-5-6-8-15(13)17(14)24-16/h5-10,12H,4H2,1-3H3,(H,20,21)/t12-/m1/s1. The summed E-state index contributed by atoms with van der Waals surface area (Å²) in [5.41, 5.74) is 1.37. The van der Waals surface area contributed by atoms with Gasteiger partial charge in [0.05, 0.1) is 0 Å². The lowest BCUT2D eigenvalue weighted by molar-refractivity contribution is -0.129. The lowest BCUT2D eigenvalue weighted by atomic mass is 10.1. The molecule has 1 N–H and O–H groups in total. The quantitative estimate of drug-likeness (QED) is 0.745. The van der Waals surface area contributed by atoms with Crippen LogP contribution in [0.5, 0.6) is 0 Å². The average molecular weight is 325 g/mol. The van der Waals surface area contributed by atoms with Gasteiger partial charge in [-0.1, -0.05) is 36.4 Å². The summed E-state index contributed by atoms with van der Waals surface area (Å²) < 4.78 is 11.0. The van der Waals surface area contributed by atoms with E-state index in [1.165, 1.54) is 6.92 Å². The van der Waals surface area contributed by atoms with Crippen LogP contribution in [-0.2, 0) is 9.53 Å². The van der Waals surface area contributed by atoms with Gasteiger partial charge in [-0.15, -0.1) is 0 Å². The third kappa shape index (κ3) is 2.73. The van der Waals surface area contributed by atoms with Gasteiger partial charge in [0.25, 0.3) is 5.91 Å². The maximum absolute atomic E-state index is 12.4. The van der Waals surface area contributed by atoms with Gasteiger partial charge in [-0.2, -0.15) is 0 Å². The molecular weight excluding hydrogens is 306 g/mol. The third-order valence-electron chi connectivity index (χ3n) is 4.02. The van der Waals surface area contributed by atoms with Crippen molar-refractivity contribution in [1.82, 2.24) is 5.32 Å². The Morgan fingerprint density at radius 2 is 1.92 bits per heavy atom. The van der Waals surface area contributed by atoms with Gasteiger partial charge in [-0.3, -0.25) is 4.79 Å². The summed E-state index contributed by atoms with van der Waals surface area (Å²) in [6, 6.07) is 11.7. The molecule has 3 aromatic rings. The molecular formula is C19H19NO4. The number of benzene rings is 2. The highest BCUT2D eigenvalue weighted by atomic mass is 16.6. The van der Waals surface area contributed by atoms with E-state index in [2.05, 4.69) is 5.32 Å². The second-order valence-electron chi connectivity index (χ2n) is 5.66. The number of ether oxygens (including phenoxy) is 1. The average Bonchev–Trinajstić information content (AvgIpc) is 2.92. The number of aryl methyl sites for hydroxylation is 1. The summed E-state index contributed by atoms with van der Waals surface area (Å²) in [6.07, 6.45) is -0.873. The lowest BCUT2D eigenvalue weighted by Crippen LogP contribution is -2.35. The number of likely N-dealkylation sites (N-methyl/N-ethyl adjacent to an activating group) is 1. The van der Waals surface area contributed by atoms with Crippen LogP contribution in [0.2, 0.25) is 0 Å². The van der Waals surface area contributed by atoms with Crippen LogP contribution in [0.3, 0.4) is 0 Å². The number of esters is 1. The normalized spacial score (nSPS) is 12.3. The zero-order chi connectivity index (χ0) is 17.3. The van der Waals surface area contributed by atoms with Gasteiger partial charge in [0.15, 0.2) is 6.10 Å². The Hall–Kier alpha value is -2.82. The first kappa shape index (κ1) is 16.1. The molecule has 1 heterocycles. The zero-order valence-electron chi connectivity index (χ0n) is 13.9. The first-order chi connectivity index (χ1) is 11.5. The highest BCUT2D eigenvalue weighted by molar-refractivity contribution is 6.08. The number of carbonyl (C=O) groups is 2. The predicted molar refractivity (Wildman–Crippen MR) is 92.0 cm³/mol. The van der Waals surface area contributed by atoms with Gasteiger partial charge in [0.1, 0.15) is 5.58 Å². The third-order valence-corrected chi connectivity index (χ3v) is 4.02. The molecule has 1 atom stereocenters. The van der Waals surface area contributed by atoms with Crippen molar-refractivity contribution in [2.45, 2.75) is 26.9 Å². The van der Waals surface area contributed by atoms with E-state index in [9.17, 15) is 9.59 Å². The number of carbonyl (C=O) groups excluding carboxylic acids is 2. The fourth-order valence-corrected chi connectivity index (χ4v) is 2.73. The molecule has 1 amide bonds. The zero-order valence-corrected chi connectivity index (χ0v) is 13.9. The van der Waals surface area contributed by atoms with E-state index in [1.807, 2.05) is 43.3 Å². The molecule has 1 aromatic heterocycles. The summed E-state index contributed by atoms with van der Waals surface area (Å²) in [7, 11) is 0. The van der Waals surface area contributed by atoms with Crippen molar-refractivity contribution in [3.63, 3.8) is 0 Å². The van der Waals surface area contributed by atoms with E-state index in [0.717, 1.165) is 16.2 Å². The van der Waals surface area contributed by atoms with Gasteiger partial charge in [0, 0.05) is 22.9 Å². The maximum atomic E-state index is 12.4. The van der Waals surface area contributed by atoms with Crippen molar-refractivity contribution in [3.05, 3.63) is 47.7 Å². The van der Waals surface area contributed by atoms with Crippen molar-refractivity contribution >= 4 is 33.6 Å². The number of hydrogen-bond acceptors (Lipinski definition) is 4. The minimum absolute atomic E-state index is 0.137. The van der Waals surface area contributed by atoms with Gasteiger partial charge in [0.2, 0.25) is 5.76 Å². The number of rotatable bonds is 4. The van der Waals surface area contributed by atoms with Gasteiger partial charge in [-0.05, 0) is 26.2 Å². The number of amides is 1. The fourth-order valence-electron chi connectivity index (χ4n) is 2.73. The molecule has 124 valence electrons. The molecule has 0 saturated heterocycles. The van der Waals surface area contributed by atoms with Gasteiger partial charge in [-0.25, -0.2) is 4.79 Å². The first-order valence-corrected chi connectivity index (χ1v) is 7.92. The molecule has 0 aliphatic heterocycles. The molecule has 0 saturated carbocycles. The largest absolute Gasteiger partial charge is 0.448 e. The molecule has 5 heteroatoms. The van der Waals surface area contributed by atoms with Crippen LogP contribution in [0.1, 0.15) is 30.0 Å². The van der Waals surface area contributed by atoms with Crippen molar-refractivity contribution in [2.75, 3.05) is 6.54 Å². The van der Waals surface area contributed by atoms with Crippen LogP contribution in [0, 0.1) is 6.92 Å². The van der Waals surface area contributed by atoms with Crippen LogP contribution >= 0.6 is 0 Å². The van der Waals surface area contributed by atoms with E-state index in [1.54, 1.807) is 6.92 Å². The van der Waals surface area contributed by atoms with E-state index in [-0.39, 0.29) is 11.7 Å². The molecule has 0 spiro atoms. The molecule has 5 nitrogen and oxygen atoms in total. The van der Waals surface area contributed by atoms with Gasteiger partial charge < -0.3 is 14.5 Å². The maximum Gasteiger partial charge on any atom is 0.375 e. The molecule has 2 aromatic carbocycles. The van der Waals surface area contributed by atoms with Crippen molar-refractivity contribution < 1.29 is 18.7 Å². The monoisotopic (exact) mass is 325 g/mol. The number of hydrogen-bond donors (Lipinski definition) is 1. The van der Waals surface area contributed by atoms with Crippen molar-refractivity contribution in [2.24, 2.45) is 0 Å². The Labute approximate surface area is 139 Å². The van der Waals surface area contributed by atoms with Crippen LogP contribution in [0.4, 0.5) is 0 Å². The molecule has 0 aliphatic carbocycles. The van der Waals surface area contributed by atoms with E-state index < -0.39 is 12.1 Å². The molecule has 0 aliphatic rings. The SMILES string of the molecule is CCNC(=O)[C@@H](C)OC(=O)c1oc2c(ccc3ccccc32)c1C.